The van der Waals surface area contributed by atoms with E-state index < -0.39 is 5.97 Å². The Balaban J connectivity index is 2.05. The van der Waals surface area contributed by atoms with Crippen molar-refractivity contribution in [1.82, 2.24) is 20.1 Å². The molecule has 1 rings (SSSR count). The molecule has 0 fully saturated rings. The molecule has 0 radical (unpaired) electrons. The minimum Gasteiger partial charge on any atom is -0.481 e. The van der Waals surface area contributed by atoms with Gasteiger partial charge in [0.25, 0.3) is 0 Å². The van der Waals surface area contributed by atoms with Gasteiger partial charge in [0.1, 0.15) is 19.2 Å². The highest BCUT2D eigenvalue weighted by molar-refractivity contribution is 5.75. The molecule has 0 aliphatic heterocycles. The zero-order valence-corrected chi connectivity index (χ0v) is 8.80. The number of nitrogens with zero attached hydrogens (tertiary/aromatic N) is 3. The maximum absolute atomic E-state index is 11.3. The number of carbonyl (C=O) groups excluding carboxylic acids is 1. The van der Waals surface area contributed by atoms with Gasteiger partial charge in [-0.05, 0) is 12.8 Å². The summed E-state index contributed by atoms with van der Waals surface area (Å²) in [6, 6.07) is 0. The number of aliphatic carboxylic acids is 1. The van der Waals surface area contributed by atoms with E-state index in [-0.39, 0.29) is 18.9 Å². The second kappa shape index (κ2) is 6.54. The van der Waals surface area contributed by atoms with E-state index in [1.807, 2.05) is 0 Å². The molecule has 0 saturated carbocycles. The van der Waals surface area contributed by atoms with Gasteiger partial charge in [0.2, 0.25) is 5.91 Å². The van der Waals surface area contributed by atoms with E-state index >= 15 is 0 Å². The fraction of sp³-hybridized carbons (Fsp3) is 0.556. The standard InChI is InChI=1S/C9H14N4O3/c14-8(5-13-7-10-6-12-13)11-4-2-1-3-9(15)16/h6-7H,1-5H2,(H,11,14)(H,15,16). The highest BCUT2D eigenvalue weighted by Crippen LogP contribution is 1.93. The Labute approximate surface area is 92.5 Å². The van der Waals surface area contributed by atoms with Crippen molar-refractivity contribution in [3.8, 4) is 0 Å². The van der Waals surface area contributed by atoms with Crippen LogP contribution in [0.4, 0.5) is 0 Å². The summed E-state index contributed by atoms with van der Waals surface area (Å²) in [5.41, 5.74) is 0. The van der Waals surface area contributed by atoms with Crippen LogP contribution in [0.5, 0.6) is 0 Å². The van der Waals surface area contributed by atoms with Crippen molar-refractivity contribution in [2.45, 2.75) is 25.8 Å². The van der Waals surface area contributed by atoms with Gasteiger partial charge in [-0.1, -0.05) is 0 Å². The molecule has 1 aromatic heterocycles. The smallest absolute Gasteiger partial charge is 0.303 e. The summed E-state index contributed by atoms with van der Waals surface area (Å²) >= 11 is 0. The molecule has 1 amide bonds. The number of hydrogen-bond acceptors (Lipinski definition) is 4. The van der Waals surface area contributed by atoms with Crippen LogP contribution >= 0.6 is 0 Å². The number of carbonyl (C=O) groups is 2. The van der Waals surface area contributed by atoms with E-state index in [1.165, 1.54) is 17.3 Å². The number of aromatic nitrogens is 3. The molecule has 2 N–H and O–H groups in total. The van der Waals surface area contributed by atoms with Crippen molar-refractivity contribution in [2.24, 2.45) is 0 Å². The Bertz CT molecular complexity index is 337. The van der Waals surface area contributed by atoms with Crippen LogP contribution in [0, 0.1) is 0 Å². The minimum absolute atomic E-state index is 0.138. The second-order valence-corrected chi connectivity index (χ2v) is 3.29. The fourth-order valence-corrected chi connectivity index (χ4v) is 1.15. The van der Waals surface area contributed by atoms with E-state index in [0.717, 1.165) is 0 Å². The van der Waals surface area contributed by atoms with Crippen molar-refractivity contribution >= 4 is 11.9 Å². The summed E-state index contributed by atoms with van der Waals surface area (Å²) in [5.74, 6) is -0.963. The van der Waals surface area contributed by atoms with Gasteiger partial charge in [-0.3, -0.25) is 9.59 Å². The Hall–Kier alpha value is -1.92. The van der Waals surface area contributed by atoms with Crippen LogP contribution in [0.3, 0.4) is 0 Å². The molecule has 0 spiro atoms. The van der Waals surface area contributed by atoms with E-state index in [1.54, 1.807) is 0 Å². The Kier molecular flexibility index (Phi) is 4.97. The van der Waals surface area contributed by atoms with Gasteiger partial charge < -0.3 is 10.4 Å². The predicted octanol–water partition coefficient (Wildman–Crippen LogP) is -0.351. The van der Waals surface area contributed by atoms with Crippen molar-refractivity contribution in [3.05, 3.63) is 12.7 Å². The molecule has 0 saturated heterocycles. The molecule has 7 heteroatoms. The first-order chi connectivity index (χ1) is 7.68. The van der Waals surface area contributed by atoms with E-state index in [0.29, 0.717) is 19.4 Å². The summed E-state index contributed by atoms with van der Waals surface area (Å²) in [7, 11) is 0. The molecule has 0 unspecified atom stereocenters. The SMILES string of the molecule is O=C(O)CCCCNC(=O)Cn1cncn1. The molecule has 0 aliphatic carbocycles. The number of hydrogen-bond donors (Lipinski definition) is 2. The third-order valence-electron chi connectivity index (χ3n) is 1.91. The molecule has 88 valence electrons. The van der Waals surface area contributed by atoms with E-state index in [4.69, 9.17) is 5.11 Å². The molecular weight excluding hydrogens is 212 g/mol. The van der Waals surface area contributed by atoms with Gasteiger partial charge in [0, 0.05) is 13.0 Å². The Morgan fingerprint density at radius 2 is 2.19 bits per heavy atom. The first-order valence-corrected chi connectivity index (χ1v) is 4.99. The van der Waals surface area contributed by atoms with Crippen molar-refractivity contribution < 1.29 is 14.7 Å². The molecule has 1 heterocycles. The summed E-state index contributed by atoms with van der Waals surface area (Å²) in [4.78, 5) is 25.2. The molecule has 16 heavy (non-hydrogen) atoms. The third kappa shape index (κ3) is 5.08. The number of rotatable bonds is 7. The molecule has 1 aromatic rings. The molecule has 0 atom stereocenters. The van der Waals surface area contributed by atoms with Crippen LogP contribution in [-0.4, -0.2) is 38.3 Å². The topological polar surface area (TPSA) is 97.1 Å². The zero-order chi connectivity index (χ0) is 11.8. The summed E-state index contributed by atoms with van der Waals surface area (Å²) in [5, 5.41) is 14.9. The first kappa shape index (κ1) is 12.2. The summed E-state index contributed by atoms with van der Waals surface area (Å²) in [6.45, 7) is 0.625. The van der Waals surface area contributed by atoms with Gasteiger partial charge in [-0.15, -0.1) is 0 Å². The highest BCUT2D eigenvalue weighted by atomic mass is 16.4. The lowest BCUT2D eigenvalue weighted by atomic mass is 10.2. The Morgan fingerprint density at radius 1 is 1.38 bits per heavy atom. The number of carboxylic acids is 1. The highest BCUT2D eigenvalue weighted by Gasteiger charge is 2.02. The Morgan fingerprint density at radius 3 is 2.81 bits per heavy atom. The van der Waals surface area contributed by atoms with Crippen LogP contribution in [0.1, 0.15) is 19.3 Å². The monoisotopic (exact) mass is 226 g/mol. The van der Waals surface area contributed by atoms with Gasteiger partial charge in [0.15, 0.2) is 0 Å². The van der Waals surface area contributed by atoms with Gasteiger partial charge >= 0.3 is 5.97 Å². The van der Waals surface area contributed by atoms with Crippen LogP contribution in [0.15, 0.2) is 12.7 Å². The van der Waals surface area contributed by atoms with Gasteiger partial charge in [0.05, 0.1) is 0 Å². The van der Waals surface area contributed by atoms with Gasteiger partial charge in [-0.25, -0.2) is 9.67 Å². The first-order valence-electron chi connectivity index (χ1n) is 4.99. The normalized spacial score (nSPS) is 10.0. The molecular formula is C9H14N4O3. The molecule has 7 nitrogen and oxygen atoms in total. The lowest BCUT2D eigenvalue weighted by Crippen LogP contribution is -2.28. The maximum Gasteiger partial charge on any atom is 0.303 e. The third-order valence-corrected chi connectivity index (χ3v) is 1.91. The van der Waals surface area contributed by atoms with Crippen LogP contribution in [0.25, 0.3) is 0 Å². The lowest BCUT2D eigenvalue weighted by Gasteiger charge is -2.03. The van der Waals surface area contributed by atoms with Crippen LogP contribution in [-0.2, 0) is 16.1 Å². The summed E-state index contributed by atoms with van der Waals surface area (Å²) in [6.07, 6.45) is 4.19. The predicted molar refractivity (Wildman–Crippen MR) is 54.5 cm³/mol. The van der Waals surface area contributed by atoms with E-state index in [2.05, 4.69) is 15.4 Å². The van der Waals surface area contributed by atoms with Crippen LogP contribution in [0.2, 0.25) is 0 Å². The largest absolute Gasteiger partial charge is 0.481 e. The molecule has 0 aromatic carbocycles. The number of amides is 1. The average Bonchev–Trinajstić information content (AvgIpc) is 2.69. The second-order valence-electron chi connectivity index (χ2n) is 3.29. The zero-order valence-electron chi connectivity index (χ0n) is 8.80. The molecule has 0 aliphatic rings. The van der Waals surface area contributed by atoms with Crippen LogP contribution < -0.4 is 5.32 Å². The maximum atomic E-state index is 11.3. The number of unbranched alkanes of at least 4 members (excludes halogenated alkanes) is 1. The fourth-order valence-electron chi connectivity index (χ4n) is 1.15. The summed E-state index contributed by atoms with van der Waals surface area (Å²) < 4.78 is 1.42. The number of carboxylic acid groups (broad SMARTS) is 1. The van der Waals surface area contributed by atoms with Crippen molar-refractivity contribution in [1.29, 1.82) is 0 Å². The van der Waals surface area contributed by atoms with Gasteiger partial charge in [-0.2, -0.15) is 5.10 Å². The average molecular weight is 226 g/mol. The van der Waals surface area contributed by atoms with Crippen molar-refractivity contribution in [2.75, 3.05) is 6.54 Å². The number of nitrogens with one attached hydrogen (secondary N) is 1. The lowest BCUT2D eigenvalue weighted by molar-refractivity contribution is -0.137. The molecule has 0 bridgehead atoms. The van der Waals surface area contributed by atoms with E-state index in [9.17, 15) is 9.59 Å². The van der Waals surface area contributed by atoms with Crippen molar-refractivity contribution in [3.63, 3.8) is 0 Å². The quantitative estimate of drug-likeness (QED) is 0.619. The minimum atomic E-state index is -0.811.